The van der Waals surface area contributed by atoms with Crippen LogP contribution in [0, 0.1) is 0 Å². The third-order valence-corrected chi connectivity index (χ3v) is 9.35. The molecule has 0 aliphatic carbocycles. The average Bonchev–Trinajstić information content (AvgIpc) is 4.00. The number of hydrogen-bond donors (Lipinski definition) is 4. The molecule has 5 aromatic rings. The molecule has 2 atom stereocenters. The Morgan fingerprint density at radius 2 is 1.30 bits per heavy atom. The van der Waals surface area contributed by atoms with E-state index in [0.29, 0.717) is 6.54 Å². The number of aliphatic hydroxyl groups is 1. The van der Waals surface area contributed by atoms with Crippen LogP contribution in [0.2, 0.25) is 0 Å². The van der Waals surface area contributed by atoms with E-state index in [4.69, 9.17) is 9.84 Å². The summed E-state index contributed by atoms with van der Waals surface area (Å²) < 4.78 is 5.64. The van der Waals surface area contributed by atoms with Crippen LogP contribution in [0.3, 0.4) is 0 Å². The summed E-state index contributed by atoms with van der Waals surface area (Å²) in [5.41, 5.74) is 5.67. The van der Waals surface area contributed by atoms with Crippen LogP contribution in [0.1, 0.15) is 90.5 Å². The summed E-state index contributed by atoms with van der Waals surface area (Å²) in [5, 5.41) is 12.2. The molecule has 2 aliphatic rings. The number of nitrogens with zero attached hydrogens (tertiary/aromatic N) is 4. The predicted octanol–water partition coefficient (Wildman–Crippen LogP) is 8.78. The lowest BCUT2D eigenvalue weighted by Crippen LogP contribution is -2.36. The first-order valence-corrected chi connectivity index (χ1v) is 18.9. The van der Waals surface area contributed by atoms with E-state index in [1.807, 2.05) is 38.1 Å². The lowest BCUT2D eigenvalue weighted by atomic mass is 9.98. The van der Waals surface area contributed by atoms with Gasteiger partial charge in [-0.1, -0.05) is 75.4 Å². The highest BCUT2D eigenvalue weighted by Crippen LogP contribution is 2.35. The molecule has 2 aliphatic heterocycles. The maximum atomic E-state index is 12.8. The van der Waals surface area contributed by atoms with E-state index in [-0.39, 0.29) is 30.6 Å². The molecule has 4 N–H and O–H groups in total. The monoisotopic (exact) mass is 733 g/mol. The van der Waals surface area contributed by atoms with Gasteiger partial charge < -0.3 is 30.0 Å². The van der Waals surface area contributed by atoms with E-state index < -0.39 is 5.60 Å². The fourth-order valence-electron chi connectivity index (χ4n) is 6.94. The molecule has 2 saturated heterocycles. The zero-order valence-electron chi connectivity index (χ0n) is 32.5. The van der Waals surface area contributed by atoms with Crippen molar-refractivity contribution in [2.24, 2.45) is 0 Å². The van der Waals surface area contributed by atoms with Gasteiger partial charge in [-0.25, -0.2) is 14.8 Å². The number of likely N-dealkylation sites (tertiary alicyclic amines) is 2. The topological polar surface area (TPSA) is 139 Å². The fourth-order valence-corrected chi connectivity index (χ4v) is 6.94. The van der Waals surface area contributed by atoms with E-state index in [0.717, 1.165) is 95.4 Å². The number of imidazole rings is 2. The number of carbonyl (C=O) groups is 2. The first-order chi connectivity index (χ1) is 26.1. The van der Waals surface area contributed by atoms with E-state index in [1.165, 1.54) is 6.42 Å². The zero-order valence-corrected chi connectivity index (χ0v) is 32.5. The Hall–Kier alpha value is -5.42. The number of aliphatic hydroxyl groups excluding tert-OH is 1. The number of nitrogens with one attached hydrogen (secondary N) is 3. The molecule has 0 bridgehead atoms. The first kappa shape index (κ1) is 39.8. The number of benzene rings is 3. The number of aromatic nitrogens is 4. The molecule has 0 spiro atoms. The van der Waals surface area contributed by atoms with Gasteiger partial charge in [0.25, 0.3) is 0 Å². The number of fused-ring (bicyclic) bond motifs is 1. The lowest BCUT2D eigenvalue weighted by Gasteiger charge is -2.27. The Kier molecular flexibility index (Phi) is 13.3. The summed E-state index contributed by atoms with van der Waals surface area (Å²) >= 11 is 0. The highest BCUT2D eigenvalue weighted by Gasteiger charge is 2.35. The molecule has 3 aromatic carbocycles. The number of ether oxygens (including phenoxy) is 1. The second kappa shape index (κ2) is 18.1. The minimum atomic E-state index is -0.537. The number of hydrogen-bond acceptors (Lipinski definition) is 7. The molecule has 0 saturated carbocycles. The van der Waals surface area contributed by atoms with E-state index in [9.17, 15) is 9.59 Å². The molecule has 11 nitrogen and oxygen atoms in total. The minimum absolute atomic E-state index is 0.0422. The molecule has 54 heavy (non-hydrogen) atoms. The molecule has 0 radical (unpaired) electrons. The number of rotatable bonds is 8. The fraction of sp³-hybridized carbons (Fsp3) is 0.395. The summed E-state index contributed by atoms with van der Waals surface area (Å²) in [6, 6.07) is 21.3. The maximum absolute atomic E-state index is 12.8. The van der Waals surface area contributed by atoms with Crippen molar-refractivity contribution < 1.29 is 19.4 Å². The van der Waals surface area contributed by atoms with Gasteiger partial charge in [-0.3, -0.25) is 9.69 Å². The zero-order chi connectivity index (χ0) is 38.8. The molecule has 4 heterocycles. The Morgan fingerprint density at radius 1 is 0.815 bits per heavy atom. The smallest absolute Gasteiger partial charge is 0.410 e. The summed E-state index contributed by atoms with van der Waals surface area (Å²) in [6.45, 7) is 15.2. The summed E-state index contributed by atoms with van der Waals surface area (Å²) in [7, 11) is 1.00. The maximum Gasteiger partial charge on any atom is 0.410 e. The van der Waals surface area contributed by atoms with Crippen LogP contribution in [0.5, 0.6) is 0 Å². The van der Waals surface area contributed by atoms with Gasteiger partial charge in [0.05, 0.1) is 42.4 Å². The second-order valence-corrected chi connectivity index (χ2v) is 14.6. The van der Waals surface area contributed by atoms with Crippen LogP contribution < -0.4 is 5.32 Å². The lowest BCUT2D eigenvalue weighted by molar-refractivity contribution is -0.131. The second-order valence-electron chi connectivity index (χ2n) is 14.6. The van der Waals surface area contributed by atoms with Crippen molar-refractivity contribution in [2.45, 2.75) is 84.4 Å². The SMILES string of the molecule is C=CNCC(=O)N1CCCC1c1ncc(-c2ccc3cc(-c4ccc(-c5cnc(C6CCCN6C(=O)OC(C)(C)C)[nH]5)cc4)ccc3c2)[nH]1.CCC.CO. The average molecular weight is 734 g/mol. The highest BCUT2D eigenvalue weighted by atomic mass is 16.6. The number of aromatic amines is 2. The third-order valence-electron chi connectivity index (χ3n) is 9.35. The Balaban J connectivity index is 0.00000107. The number of amides is 2. The summed E-state index contributed by atoms with van der Waals surface area (Å²) in [4.78, 5) is 45.5. The molecule has 7 rings (SSSR count). The standard InChI is InChI=1S/C39H43N7O3.C3H8.CH4O/c1-5-40-24-35(47)45-18-6-8-33(45)36-42-23-32(44-36)30-17-16-28-20-27(14-15-29(28)21-30)25-10-12-26(13-11-25)31-22-41-37(43-31)34-9-7-19-46(34)38(48)49-39(2,3)4;1-3-2;1-2/h5,10-17,20-23,33-34,40H,1,6-9,18-19,24H2,2-4H3,(H,41,43)(H,42,44);3H2,1-2H3;2H,1H3. The van der Waals surface area contributed by atoms with Crippen LogP contribution in [0.25, 0.3) is 44.4 Å². The Bertz CT molecular complexity index is 2010. The number of H-pyrrole nitrogens is 2. The van der Waals surface area contributed by atoms with Crippen LogP contribution in [-0.4, -0.2) is 79.2 Å². The Morgan fingerprint density at radius 3 is 1.87 bits per heavy atom. The van der Waals surface area contributed by atoms with Crippen molar-refractivity contribution in [3.05, 3.63) is 97.5 Å². The van der Waals surface area contributed by atoms with Gasteiger partial charge in [-0.05, 0) is 92.2 Å². The normalized spacial score (nSPS) is 16.6. The van der Waals surface area contributed by atoms with Gasteiger partial charge >= 0.3 is 6.09 Å². The first-order valence-electron chi connectivity index (χ1n) is 18.9. The van der Waals surface area contributed by atoms with Gasteiger partial charge in [0.2, 0.25) is 5.91 Å². The van der Waals surface area contributed by atoms with Crippen LogP contribution >= 0.6 is 0 Å². The third kappa shape index (κ3) is 9.38. The number of carbonyl (C=O) groups excluding carboxylic acids is 2. The van der Waals surface area contributed by atoms with E-state index in [2.05, 4.69) is 106 Å². The van der Waals surface area contributed by atoms with E-state index in [1.54, 1.807) is 11.1 Å². The highest BCUT2D eigenvalue weighted by molar-refractivity contribution is 5.90. The van der Waals surface area contributed by atoms with Crippen molar-refractivity contribution in [1.29, 1.82) is 0 Å². The molecule has 11 heteroatoms. The summed E-state index contributed by atoms with van der Waals surface area (Å²) in [6.07, 6.45) is 9.84. The van der Waals surface area contributed by atoms with Crippen molar-refractivity contribution >= 4 is 22.8 Å². The molecule has 2 aromatic heterocycles. The van der Waals surface area contributed by atoms with Gasteiger partial charge in [-0.2, -0.15) is 0 Å². The quantitative estimate of drug-likeness (QED) is 0.125. The molecule has 2 amide bonds. The van der Waals surface area contributed by atoms with Crippen molar-refractivity contribution in [2.75, 3.05) is 26.7 Å². The molecule has 286 valence electrons. The van der Waals surface area contributed by atoms with E-state index >= 15 is 0 Å². The minimum Gasteiger partial charge on any atom is -0.444 e. The molecule has 2 unspecified atom stereocenters. The van der Waals surface area contributed by atoms with Gasteiger partial charge in [-0.15, -0.1) is 0 Å². The molecule has 2 fully saturated rings. The van der Waals surface area contributed by atoms with Crippen molar-refractivity contribution in [3.63, 3.8) is 0 Å². The van der Waals surface area contributed by atoms with Gasteiger partial charge in [0, 0.05) is 25.8 Å². The van der Waals surface area contributed by atoms with Crippen LogP contribution in [0.4, 0.5) is 4.79 Å². The largest absolute Gasteiger partial charge is 0.444 e. The Labute approximate surface area is 318 Å². The van der Waals surface area contributed by atoms with Crippen LogP contribution in [0.15, 0.2) is 85.8 Å². The van der Waals surface area contributed by atoms with Crippen LogP contribution in [-0.2, 0) is 9.53 Å². The van der Waals surface area contributed by atoms with Gasteiger partial charge in [0.15, 0.2) is 0 Å². The molecular weight excluding hydrogens is 679 g/mol. The van der Waals surface area contributed by atoms with Crippen molar-refractivity contribution in [3.8, 4) is 33.6 Å². The summed E-state index contributed by atoms with van der Waals surface area (Å²) in [5.74, 6) is 1.67. The predicted molar refractivity (Wildman–Crippen MR) is 215 cm³/mol. The van der Waals surface area contributed by atoms with Gasteiger partial charge in [0.1, 0.15) is 17.2 Å². The van der Waals surface area contributed by atoms with Crippen molar-refractivity contribution in [1.82, 2.24) is 35.1 Å². The molecular formula is C43H55N7O4.